The van der Waals surface area contributed by atoms with E-state index in [1.807, 2.05) is 30.8 Å². The molecule has 1 aromatic rings. The van der Waals surface area contributed by atoms with E-state index in [4.69, 9.17) is 9.84 Å². The molecule has 23 heavy (non-hydrogen) atoms. The molecule has 1 heterocycles. The third-order valence-corrected chi connectivity index (χ3v) is 4.12. The van der Waals surface area contributed by atoms with Gasteiger partial charge in [-0.2, -0.15) is 0 Å². The molecule has 0 spiro atoms. The summed E-state index contributed by atoms with van der Waals surface area (Å²) in [6, 6.07) is 4.91. The molecule has 1 fully saturated rings. The fourth-order valence-corrected chi connectivity index (χ4v) is 2.85. The Labute approximate surface area is 136 Å². The molecule has 0 aromatic heterocycles. The third-order valence-electron chi connectivity index (χ3n) is 4.12. The van der Waals surface area contributed by atoms with Gasteiger partial charge in [-0.15, -0.1) is 0 Å². The topological polar surface area (TPSA) is 70.1 Å². The number of rotatable bonds is 6. The van der Waals surface area contributed by atoms with Crippen molar-refractivity contribution >= 4 is 17.6 Å². The Bertz CT molecular complexity index is 586. The second-order valence-corrected chi connectivity index (χ2v) is 5.93. The van der Waals surface area contributed by atoms with Crippen molar-refractivity contribution in [1.29, 1.82) is 0 Å². The number of carbonyl (C=O) groups is 2. The summed E-state index contributed by atoms with van der Waals surface area (Å²) in [4.78, 5) is 26.7. The summed E-state index contributed by atoms with van der Waals surface area (Å²) in [6.45, 7) is 3.09. The SMILES string of the molecule is CCC(=O)N1CCC[C@H]1COc1ccc(C(=O)O)cc1N(C)C. The van der Waals surface area contributed by atoms with Gasteiger partial charge in [0.05, 0.1) is 17.3 Å². The minimum atomic E-state index is -0.963. The van der Waals surface area contributed by atoms with Gasteiger partial charge in [-0.3, -0.25) is 4.79 Å². The number of hydrogen-bond acceptors (Lipinski definition) is 4. The molecule has 0 aliphatic carbocycles. The van der Waals surface area contributed by atoms with Gasteiger partial charge in [0.25, 0.3) is 0 Å². The standard InChI is InChI=1S/C17H24N2O4/c1-4-16(20)19-9-5-6-13(19)11-23-15-8-7-12(17(21)22)10-14(15)18(2)3/h7-8,10,13H,4-6,9,11H2,1-3H3,(H,21,22)/t13-/m0/s1. The quantitative estimate of drug-likeness (QED) is 0.870. The maximum Gasteiger partial charge on any atom is 0.335 e. The molecule has 0 radical (unpaired) electrons. The van der Waals surface area contributed by atoms with Crippen LogP contribution in [0.25, 0.3) is 0 Å². The molecule has 126 valence electrons. The Hall–Kier alpha value is -2.24. The predicted molar refractivity (Wildman–Crippen MR) is 88.2 cm³/mol. The van der Waals surface area contributed by atoms with Gasteiger partial charge in [0.15, 0.2) is 0 Å². The van der Waals surface area contributed by atoms with Gasteiger partial charge in [0, 0.05) is 27.1 Å². The zero-order valence-electron chi connectivity index (χ0n) is 13.9. The van der Waals surface area contributed by atoms with Crippen LogP contribution < -0.4 is 9.64 Å². The average Bonchev–Trinajstić information content (AvgIpc) is 3.00. The first kappa shape index (κ1) is 17.1. The average molecular weight is 320 g/mol. The fourth-order valence-electron chi connectivity index (χ4n) is 2.85. The first-order chi connectivity index (χ1) is 10.9. The molecule has 0 unspecified atom stereocenters. The highest BCUT2D eigenvalue weighted by molar-refractivity contribution is 5.89. The van der Waals surface area contributed by atoms with Crippen molar-refractivity contribution in [2.24, 2.45) is 0 Å². The Kier molecular flexibility index (Phi) is 5.47. The lowest BCUT2D eigenvalue weighted by molar-refractivity contribution is -0.132. The molecule has 6 heteroatoms. The van der Waals surface area contributed by atoms with Gasteiger partial charge < -0.3 is 19.6 Å². The van der Waals surface area contributed by atoms with E-state index in [0.29, 0.717) is 18.8 Å². The van der Waals surface area contributed by atoms with Crippen LogP contribution in [0.15, 0.2) is 18.2 Å². The van der Waals surface area contributed by atoms with Crippen LogP contribution in [-0.4, -0.2) is 55.2 Å². The summed E-state index contributed by atoms with van der Waals surface area (Å²) < 4.78 is 5.91. The van der Waals surface area contributed by atoms with Crippen LogP contribution in [0.4, 0.5) is 5.69 Å². The van der Waals surface area contributed by atoms with Crippen molar-refractivity contribution in [2.45, 2.75) is 32.2 Å². The van der Waals surface area contributed by atoms with E-state index in [1.54, 1.807) is 12.1 Å². The normalized spacial score (nSPS) is 17.2. The first-order valence-corrected chi connectivity index (χ1v) is 7.91. The summed E-state index contributed by atoms with van der Waals surface area (Å²) >= 11 is 0. The van der Waals surface area contributed by atoms with E-state index in [2.05, 4.69) is 0 Å². The Morgan fingerprint density at radius 1 is 1.39 bits per heavy atom. The van der Waals surface area contributed by atoms with Crippen LogP contribution in [0.3, 0.4) is 0 Å². The van der Waals surface area contributed by atoms with Gasteiger partial charge >= 0.3 is 5.97 Å². The van der Waals surface area contributed by atoms with Crippen LogP contribution in [0.2, 0.25) is 0 Å². The Morgan fingerprint density at radius 3 is 2.74 bits per heavy atom. The van der Waals surface area contributed by atoms with Gasteiger partial charge in [-0.25, -0.2) is 4.79 Å². The van der Waals surface area contributed by atoms with E-state index in [9.17, 15) is 9.59 Å². The zero-order chi connectivity index (χ0) is 17.0. The number of aromatic carboxylic acids is 1. The van der Waals surface area contributed by atoms with Crippen LogP contribution in [0.1, 0.15) is 36.5 Å². The van der Waals surface area contributed by atoms with Crippen LogP contribution in [-0.2, 0) is 4.79 Å². The molecule has 1 aliphatic rings. The number of likely N-dealkylation sites (tertiary alicyclic amines) is 1. The van der Waals surface area contributed by atoms with Crippen LogP contribution >= 0.6 is 0 Å². The lowest BCUT2D eigenvalue weighted by Crippen LogP contribution is -2.38. The number of carboxylic acids is 1. The Balaban J connectivity index is 2.11. The Morgan fingerprint density at radius 2 is 2.13 bits per heavy atom. The number of ether oxygens (including phenoxy) is 1. The highest BCUT2D eigenvalue weighted by Gasteiger charge is 2.28. The summed E-state index contributed by atoms with van der Waals surface area (Å²) in [6.07, 6.45) is 2.45. The summed E-state index contributed by atoms with van der Waals surface area (Å²) in [5.74, 6) is -0.170. The number of anilines is 1. The van der Waals surface area contributed by atoms with Crippen LogP contribution in [0.5, 0.6) is 5.75 Å². The van der Waals surface area contributed by atoms with Gasteiger partial charge in [0.2, 0.25) is 5.91 Å². The molecule has 1 aliphatic heterocycles. The van der Waals surface area contributed by atoms with Gasteiger partial charge in [0.1, 0.15) is 12.4 Å². The first-order valence-electron chi connectivity index (χ1n) is 7.91. The lowest BCUT2D eigenvalue weighted by Gasteiger charge is -2.25. The van der Waals surface area contributed by atoms with Crippen molar-refractivity contribution in [3.63, 3.8) is 0 Å². The highest BCUT2D eigenvalue weighted by Crippen LogP contribution is 2.29. The molecule has 6 nitrogen and oxygen atoms in total. The third kappa shape index (κ3) is 3.94. The molecule has 1 saturated heterocycles. The number of nitrogens with zero attached hydrogens (tertiary/aromatic N) is 2. The minimum Gasteiger partial charge on any atom is -0.489 e. The van der Waals surface area contributed by atoms with E-state index in [-0.39, 0.29) is 17.5 Å². The molecule has 2 rings (SSSR count). The van der Waals surface area contributed by atoms with Crippen molar-refractivity contribution in [3.8, 4) is 5.75 Å². The van der Waals surface area contributed by atoms with Gasteiger partial charge in [-0.1, -0.05) is 6.92 Å². The summed E-state index contributed by atoms with van der Waals surface area (Å²) in [7, 11) is 3.69. The molecular formula is C17H24N2O4. The number of amides is 1. The zero-order valence-corrected chi connectivity index (χ0v) is 13.9. The van der Waals surface area contributed by atoms with Crippen molar-refractivity contribution < 1.29 is 19.4 Å². The number of hydrogen-bond donors (Lipinski definition) is 1. The maximum atomic E-state index is 11.9. The number of carboxylic acid groups (broad SMARTS) is 1. The number of carbonyl (C=O) groups excluding carboxylic acids is 1. The van der Waals surface area contributed by atoms with Gasteiger partial charge in [-0.05, 0) is 31.0 Å². The lowest BCUT2D eigenvalue weighted by atomic mass is 10.1. The molecular weight excluding hydrogens is 296 g/mol. The van der Waals surface area contributed by atoms with E-state index in [1.165, 1.54) is 6.07 Å². The monoisotopic (exact) mass is 320 g/mol. The maximum absolute atomic E-state index is 11.9. The molecule has 0 saturated carbocycles. The second kappa shape index (κ2) is 7.35. The molecule has 1 amide bonds. The van der Waals surface area contributed by atoms with Crippen molar-refractivity contribution in [3.05, 3.63) is 23.8 Å². The summed E-state index contributed by atoms with van der Waals surface area (Å²) in [5.41, 5.74) is 0.945. The molecule has 1 aromatic carbocycles. The molecule has 0 bridgehead atoms. The smallest absolute Gasteiger partial charge is 0.335 e. The van der Waals surface area contributed by atoms with E-state index < -0.39 is 5.97 Å². The number of benzene rings is 1. The van der Waals surface area contributed by atoms with Crippen molar-refractivity contribution in [2.75, 3.05) is 32.1 Å². The predicted octanol–water partition coefficient (Wildman–Crippen LogP) is 2.23. The van der Waals surface area contributed by atoms with E-state index in [0.717, 1.165) is 25.1 Å². The molecule has 1 N–H and O–H groups in total. The second-order valence-electron chi connectivity index (χ2n) is 5.93. The fraction of sp³-hybridized carbons (Fsp3) is 0.529. The van der Waals surface area contributed by atoms with Crippen molar-refractivity contribution in [1.82, 2.24) is 4.90 Å². The minimum absolute atomic E-state index is 0.0941. The van der Waals surface area contributed by atoms with Crippen LogP contribution in [0, 0.1) is 0 Å². The largest absolute Gasteiger partial charge is 0.489 e. The molecule has 1 atom stereocenters. The van der Waals surface area contributed by atoms with E-state index >= 15 is 0 Å². The summed E-state index contributed by atoms with van der Waals surface area (Å²) in [5, 5.41) is 9.10. The highest BCUT2D eigenvalue weighted by atomic mass is 16.5.